The van der Waals surface area contributed by atoms with Crippen molar-refractivity contribution in [1.82, 2.24) is 10.6 Å². The Morgan fingerprint density at radius 1 is 1.23 bits per heavy atom. The normalized spacial score (nSPS) is 11.0. The molecular formula is C15H21N3O7S. The van der Waals surface area contributed by atoms with Crippen LogP contribution in [0.15, 0.2) is 23.1 Å². The zero-order valence-electron chi connectivity index (χ0n) is 14.6. The molecule has 0 aliphatic carbocycles. The minimum Gasteiger partial charge on any atom is -0.496 e. The first-order valence-electron chi connectivity index (χ1n) is 7.50. The molecule has 1 aromatic carbocycles. The van der Waals surface area contributed by atoms with Crippen molar-refractivity contribution in [1.29, 1.82) is 0 Å². The van der Waals surface area contributed by atoms with E-state index in [1.165, 1.54) is 13.2 Å². The number of nitrogens with one attached hydrogen (secondary N) is 2. The van der Waals surface area contributed by atoms with Crippen LogP contribution < -0.4 is 20.5 Å². The number of methoxy groups -OCH3 is 1. The Hall–Kier alpha value is -2.66. The fourth-order valence-corrected chi connectivity index (χ4v) is 2.28. The van der Waals surface area contributed by atoms with Crippen molar-refractivity contribution in [3.05, 3.63) is 23.8 Å². The summed E-state index contributed by atoms with van der Waals surface area (Å²) in [7, 11) is -2.77. The summed E-state index contributed by atoms with van der Waals surface area (Å²) in [5.41, 5.74) is -0.226. The van der Waals surface area contributed by atoms with Crippen LogP contribution in [-0.4, -0.2) is 46.6 Å². The molecule has 0 spiro atoms. The molecule has 0 fully saturated rings. The fraction of sp³-hybridized carbons (Fsp3) is 0.400. The molecule has 0 unspecified atom stereocenters. The lowest BCUT2D eigenvalue weighted by Crippen LogP contribution is -2.42. The van der Waals surface area contributed by atoms with Crippen LogP contribution in [-0.2, 0) is 19.6 Å². The Morgan fingerprint density at radius 3 is 2.42 bits per heavy atom. The van der Waals surface area contributed by atoms with Gasteiger partial charge in [-0.05, 0) is 24.1 Å². The molecule has 0 aliphatic heterocycles. The number of esters is 1. The first-order chi connectivity index (χ1) is 12.0. The number of primary sulfonamides is 1. The Kier molecular flexibility index (Phi) is 7.53. The van der Waals surface area contributed by atoms with Gasteiger partial charge in [0.05, 0.1) is 12.0 Å². The van der Waals surface area contributed by atoms with Gasteiger partial charge in [0, 0.05) is 6.54 Å². The fourth-order valence-electron chi connectivity index (χ4n) is 1.74. The van der Waals surface area contributed by atoms with E-state index in [4.69, 9.17) is 14.6 Å². The number of ether oxygens (including phenoxy) is 2. The van der Waals surface area contributed by atoms with Gasteiger partial charge in [-0.25, -0.2) is 23.1 Å². The molecule has 0 saturated carbocycles. The number of carbonyl (C=O) groups is 3. The number of hydrogen-bond donors (Lipinski definition) is 3. The standard InChI is InChI=1S/C15H21N3O7S/c1-9(2)7-17-15(21)18-13(19)8-25-14(20)11-6-10(26(16,22)23)4-5-12(11)24-3/h4-6,9H,7-8H2,1-3H3,(H2,16,22,23)(H2,17,18,19,21). The third-order valence-corrected chi connectivity index (χ3v) is 3.89. The number of benzene rings is 1. The van der Waals surface area contributed by atoms with E-state index >= 15 is 0 Å². The summed E-state index contributed by atoms with van der Waals surface area (Å²) in [4.78, 5) is 34.8. The second-order valence-electron chi connectivity index (χ2n) is 5.64. The van der Waals surface area contributed by atoms with Crippen molar-refractivity contribution in [3.8, 4) is 5.75 Å². The molecule has 0 heterocycles. The van der Waals surface area contributed by atoms with E-state index in [1.54, 1.807) is 0 Å². The number of nitrogens with two attached hydrogens (primary N) is 1. The number of hydrogen-bond acceptors (Lipinski definition) is 7. The van der Waals surface area contributed by atoms with Gasteiger partial charge in [0.15, 0.2) is 6.61 Å². The molecule has 144 valence electrons. The van der Waals surface area contributed by atoms with Gasteiger partial charge in [-0.1, -0.05) is 13.8 Å². The zero-order valence-corrected chi connectivity index (χ0v) is 15.4. The number of sulfonamides is 1. The highest BCUT2D eigenvalue weighted by molar-refractivity contribution is 7.89. The molecule has 10 nitrogen and oxygen atoms in total. The molecular weight excluding hydrogens is 366 g/mol. The minimum absolute atomic E-state index is 0.0393. The van der Waals surface area contributed by atoms with E-state index < -0.39 is 34.5 Å². The molecule has 11 heteroatoms. The van der Waals surface area contributed by atoms with Crippen molar-refractivity contribution in [2.24, 2.45) is 11.1 Å². The molecule has 0 bridgehead atoms. The molecule has 0 saturated heterocycles. The highest BCUT2D eigenvalue weighted by Crippen LogP contribution is 2.22. The first-order valence-corrected chi connectivity index (χ1v) is 9.05. The van der Waals surface area contributed by atoms with Gasteiger partial charge in [0.2, 0.25) is 10.0 Å². The molecule has 1 rings (SSSR count). The summed E-state index contributed by atoms with van der Waals surface area (Å²) in [6.07, 6.45) is 0. The van der Waals surface area contributed by atoms with Crippen molar-refractivity contribution in [3.63, 3.8) is 0 Å². The van der Waals surface area contributed by atoms with E-state index in [-0.39, 0.29) is 22.1 Å². The van der Waals surface area contributed by atoms with Gasteiger partial charge in [-0.15, -0.1) is 0 Å². The van der Waals surface area contributed by atoms with Crippen molar-refractivity contribution in [2.45, 2.75) is 18.7 Å². The third-order valence-electron chi connectivity index (χ3n) is 2.98. The summed E-state index contributed by atoms with van der Waals surface area (Å²) in [5, 5.41) is 9.47. The van der Waals surface area contributed by atoms with Gasteiger partial charge < -0.3 is 14.8 Å². The maximum absolute atomic E-state index is 12.1. The molecule has 0 aromatic heterocycles. The van der Waals surface area contributed by atoms with Crippen LogP contribution in [0.5, 0.6) is 5.75 Å². The quantitative estimate of drug-likeness (QED) is 0.556. The van der Waals surface area contributed by atoms with Gasteiger partial charge in [-0.3, -0.25) is 10.1 Å². The molecule has 0 atom stereocenters. The summed E-state index contributed by atoms with van der Waals surface area (Å²) in [6.45, 7) is 3.40. The second kappa shape index (κ2) is 9.15. The van der Waals surface area contributed by atoms with Crippen molar-refractivity contribution < 1.29 is 32.3 Å². The van der Waals surface area contributed by atoms with Crippen LogP contribution in [0.4, 0.5) is 4.79 Å². The van der Waals surface area contributed by atoms with Gasteiger partial charge >= 0.3 is 12.0 Å². The second-order valence-corrected chi connectivity index (χ2v) is 7.20. The molecule has 0 radical (unpaired) electrons. The van der Waals surface area contributed by atoms with E-state index in [0.29, 0.717) is 6.54 Å². The lowest BCUT2D eigenvalue weighted by Gasteiger charge is -2.11. The van der Waals surface area contributed by atoms with Crippen LogP contribution in [0, 0.1) is 5.92 Å². The first kappa shape index (κ1) is 21.4. The number of amides is 3. The van der Waals surface area contributed by atoms with Gasteiger partial charge in [0.25, 0.3) is 5.91 Å². The van der Waals surface area contributed by atoms with Gasteiger partial charge in [0.1, 0.15) is 11.3 Å². The van der Waals surface area contributed by atoms with Gasteiger partial charge in [-0.2, -0.15) is 0 Å². The molecule has 1 aromatic rings. The topological polar surface area (TPSA) is 154 Å². The average Bonchev–Trinajstić information content (AvgIpc) is 2.56. The van der Waals surface area contributed by atoms with E-state index in [9.17, 15) is 22.8 Å². The minimum atomic E-state index is -4.04. The van der Waals surface area contributed by atoms with Crippen molar-refractivity contribution in [2.75, 3.05) is 20.3 Å². The highest BCUT2D eigenvalue weighted by Gasteiger charge is 2.20. The summed E-state index contributed by atoms with van der Waals surface area (Å²) in [6, 6.07) is 2.66. The SMILES string of the molecule is COc1ccc(S(N)(=O)=O)cc1C(=O)OCC(=O)NC(=O)NCC(C)C. The Balaban J connectivity index is 2.73. The lowest BCUT2D eigenvalue weighted by molar-refractivity contribution is -0.123. The molecule has 26 heavy (non-hydrogen) atoms. The summed E-state index contributed by atoms with van der Waals surface area (Å²) >= 11 is 0. The molecule has 0 aliphatic rings. The number of urea groups is 1. The predicted octanol–water partition coefficient (Wildman–Crippen LogP) is -0.0188. The Morgan fingerprint density at radius 2 is 1.88 bits per heavy atom. The zero-order chi connectivity index (χ0) is 19.9. The largest absolute Gasteiger partial charge is 0.496 e. The lowest BCUT2D eigenvalue weighted by atomic mass is 10.2. The summed E-state index contributed by atoms with van der Waals surface area (Å²) < 4.78 is 32.5. The predicted molar refractivity (Wildman–Crippen MR) is 91.0 cm³/mol. The number of rotatable bonds is 7. The third kappa shape index (κ3) is 6.69. The average molecular weight is 387 g/mol. The molecule has 3 amide bonds. The van der Waals surface area contributed by atoms with Crippen molar-refractivity contribution >= 4 is 27.9 Å². The highest BCUT2D eigenvalue weighted by atomic mass is 32.2. The van der Waals surface area contributed by atoms with E-state index in [2.05, 4.69) is 5.32 Å². The maximum Gasteiger partial charge on any atom is 0.342 e. The van der Waals surface area contributed by atoms with Crippen LogP contribution in [0.2, 0.25) is 0 Å². The van der Waals surface area contributed by atoms with E-state index in [1.807, 2.05) is 19.2 Å². The van der Waals surface area contributed by atoms with Crippen LogP contribution in [0.25, 0.3) is 0 Å². The molecule has 4 N–H and O–H groups in total. The smallest absolute Gasteiger partial charge is 0.342 e. The number of imide groups is 1. The maximum atomic E-state index is 12.1. The monoisotopic (exact) mass is 387 g/mol. The van der Waals surface area contributed by atoms with Crippen LogP contribution in [0.1, 0.15) is 24.2 Å². The van der Waals surface area contributed by atoms with Crippen LogP contribution in [0.3, 0.4) is 0 Å². The Bertz CT molecular complexity index is 790. The summed E-state index contributed by atoms with van der Waals surface area (Å²) in [5.74, 6) is -1.61. The van der Waals surface area contributed by atoms with E-state index in [0.717, 1.165) is 12.1 Å². The number of carbonyl (C=O) groups excluding carboxylic acids is 3. The van der Waals surface area contributed by atoms with Crippen LogP contribution >= 0.6 is 0 Å². The Labute approximate surface area is 151 Å².